The standard InChI is InChI=1S/C41H37F3N6O5S2/c1-2-55-34-23-30(26-46-28-34)9-8-29-22-32(27-45-25-29)40(52)50-19-17-49(18-20-50)33-12-10-31(11-13-33)39(51)48-57(53,54)36-14-15-38(37(24-36)41(42,43)44)47-16-21-56-35-6-4-3-5-7-35/h3-7,10-15,22-28,47H,2,16-21H2,1H3,(H,48,51). The molecule has 57 heavy (non-hydrogen) atoms. The number of nitrogens with one attached hydrogen (secondary N) is 2. The third-order valence-corrected chi connectivity index (χ3v) is 11.0. The molecular formula is C41H37F3N6O5S2. The van der Waals surface area contributed by atoms with Crippen LogP contribution in [0.4, 0.5) is 24.5 Å². The molecule has 16 heteroatoms. The van der Waals surface area contributed by atoms with Crippen molar-refractivity contribution in [1.82, 2.24) is 19.6 Å². The van der Waals surface area contributed by atoms with Crippen molar-refractivity contribution < 1.29 is 35.9 Å². The number of alkyl halides is 3. The van der Waals surface area contributed by atoms with Gasteiger partial charge >= 0.3 is 6.18 Å². The summed E-state index contributed by atoms with van der Waals surface area (Å²) in [6, 6.07) is 21.6. The molecule has 1 aliphatic heterocycles. The fraction of sp³-hybridized carbons (Fsp3) is 0.220. The Labute approximate surface area is 332 Å². The van der Waals surface area contributed by atoms with Gasteiger partial charge in [-0.2, -0.15) is 13.2 Å². The molecule has 2 aromatic heterocycles. The average Bonchev–Trinajstić information content (AvgIpc) is 3.22. The smallest absolute Gasteiger partial charge is 0.418 e. The quantitative estimate of drug-likeness (QED) is 0.0809. The molecular weight excluding hydrogens is 778 g/mol. The largest absolute Gasteiger partial charge is 0.492 e. The Kier molecular flexibility index (Phi) is 13.0. The number of pyridine rings is 2. The molecule has 3 heterocycles. The van der Waals surface area contributed by atoms with Crippen LogP contribution in [0, 0.1) is 11.8 Å². The van der Waals surface area contributed by atoms with Gasteiger partial charge in [-0.05, 0) is 73.7 Å². The van der Waals surface area contributed by atoms with E-state index in [4.69, 9.17) is 4.74 Å². The zero-order valence-corrected chi connectivity index (χ0v) is 32.3. The maximum atomic E-state index is 14.0. The number of halogens is 3. The molecule has 0 spiro atoms. The summed E-state index contributed by atoms with van der Waals surface area (Å²) in [6.07, 6.45) is 1.45. The summed E-state index contributed by atoms with van der Waals surface area (Å²) in [5, 5.41) is 2.74. The van der Waals surface area contributed by atoms with Crippen LogP contribution in [0.3, 0.4) is 0 Å². The van der Waals surface area contributed by atoms with Gasteiger partial charge in [0.2, 0.25) is 0 Å². The predicted octanol–water partition coefficient (Wildman–Crippen LogP) is 6.58. The van der Waals surface area contributed by atoms with Gasteiger partial charge in [0.25, 0.3) is 21.8 Å². The molecule has 6 rings (SSSR count). The summed E-state index contributed by atoms with van der Waals surface area (Å²) in [5.41, 5.74) is 0.931. The molecule has 2 amide bonds. The SMILES string of the molecule is CCOc1cncc(C#Cc2cncc(C(=O)N3CCN(c4ccc(C(=O)NS(=O)(=O)c5ccc(NCCSc6ccccc6)c(C(F)(F)F)c5)cc4)CC3)c2)c1. The molecule has 0 radical (unpaired) electrons. The summed E-state index contributed by atoms with van der Waals surface area (Å²) in [4.78, 5) is 38.7. The Balaban J connectivity index is 1.03. The van der Waals surface area contributed by atoms with E-state index in [0.717, 1.165) is 22.7 Å². The van der Waals surface area contributed by atoms with Crippen LogP contribution < -0.4 is 19.7 Å². The fourth-order valence-electron chi connectivity index (χ4n) is 5.87. The first-order chi connectivity index (χ1) is 27.4. The lowest BCUT2D eigenvalue weighted by atomic mass is 10.1. The van der Waals surface area contributed by atoms with Gasteiger partial charge in [0.05, 0.1) is 28.8 Å². The number of carbonyl (C=O) groups is 2. The first kappa shape index (κ1) is 40.6. The number of benzene rings is 3. The van der Waals surface area contributed by atoms with Crippen LogP contribution in [-0.2, 0) is 16.2 Å². The summed E-state index contributed by atoms with van der Waals surface area (Å²) in [5.74, 6) is 5.94. The number of amides is 2. The number of rotatable bonds is 12. The molecule has 11 nitrogen and oxygen atoms in total. The van der Waals surface area contributed by atoms with Crippen LogP contribution >= 0.6 is 11.8 Å². The summed E-state index contributed by atoms with van der Waals surface area (Å²) in [6.45, 7) is 4.38. The molecule has 1 fully saturated rings. The topological polar surface area (TPSA) is 134 Å². The molecule has 0 bridgehead atoms. The van der Waals surface area contributed by atoms with Gasteiger partial charge in [-0.25, -0.2) is 13.1 Å². The highest BCUT2D eigenvalue weighted by atomic mass is 32.2. The highest BCUT2D eigenvalue weighted by Gasteiger charge is 2.35. The minimum Gasteiger partial charge on any atom is -0.492 e. The van der Waals surface area contributed by atoms with Gasteiger partial charge in [-0.3, -0.25) is 19.6 Å². The van der Waals surface area contributed by atoms with Crippen LogP contribution in [0.15, 0.2) is 120 Å². The van der Waals surface area contributed by atoms with Crippen LogP contribution in [0.5, 0.6) is 5.75 Å². The van der Waals surface area contributed by atoms with Crippen LogP contribution in [0.25, 0.3) is 0 Å². The van der Waals surface area contributed by atoms with E-state index in [1.54, 1.807) is 47.8 Å². The van der Waals surface area contributed by atoms with E-state index in [2.05, 4.69) is 27.1 Å². The molecule has 2 N–H and O–H groups in total. The Bertz CT molecular complexity index is 2380. The summed E-state index contributed by atoms with van der Waals surface area (Å²) in [7, 11) is -4.66. The lowest BCUT2D eigenvalue weighted by Crippen LogP contribution is -2.48. The molecule has 0 aliphatic carbocycles. The number of ether oxygens (including phenoxy) is 1. The van der Waals surface area contributed by atoms with Crippen molar-refractivity contribution in [2.75, 3.05) is 55.3 Å². The first-order valence-corrected chi connectivity index (χ1v) is 20.3. The van der Waals surface area contributed by atoms with E-state index in [1.807, 2.05) is 46.9 Å². The summed E-state index contributed by atoms with van der Waals surface area (Å²) < 4.78 is 75.5. The normalized spacial score (nSPS) is 13.0. The number of sulfonamides is 1. The van der Waals surface area contributed by atoms with Crippen molar-refractivity contribution in [3.05, 3.63) is 138 Å². The van der Waals surface area contributed by atoms with Gasteiger partial charge in [0, 0.05) is 90.0 Å². The van der Waals surface area contributed by atoms with Crippen LogP contribution in [-0.4, -0.2) is 80.2 Å². The zero-order chi connectivity index (χ0) is 40.4. The van der Waals surface area contributed by atoms with Gasteiger partial charge in [-0.15, -0.1) is 11.8 Å². The van der Waals surface area contributed by atoms with Crippen molar-refractivity contribution in [3.8, 4) is 17.6 Å². The van der Waals surface area contributed by atoms with Crippen molar-refractivity contribution >= 4 is 45.0 Å². The van der Waals surface area contributed by atoms with Crippen molar-refractivity contribution in [3.63, 3.8) is 0 Å². The van der Waals surface area contributed by atoms with Gasteiger partial charge in [0.15, 0.2) is 0 Å². The molecule has 1 aliphatic rings. The Morgan fingerprint density at radius 2 is 1.53 bits per heavy atom. The molecule has 0 atom stereocenters. The second-order valence-corrected chi connectivity index (χ2v) is 15.5. The highest BCUT2D eigenvalue weighted by Crippen LogP contribution is 2.36. The van der Waals surface area contributed by atoms with E-state index in [1.165, 1.54) is 30.1 Å². The van der Waals surface area contributed by atoms with Gasteiger partial charge in [-0.1, -0.05) is 30.0 Å². The van der Waals surface area contributed by atoms with E-state index >= 15 is 0 Å². The molecule has 294 valence electrons. The minimum atomic E-state index is -4.85. The number of piperazine rings is 1. The third-order valence-electron chi connectivity index (χ3n) is 8.69. The number of carbonyl (C=O) groups excluding carboxylic acids is 2. The number of nitrogens with zero attached hydrogens (tertiary/aromatic N) is 4. The van der Waals surface area contributed by atoms with Crippen LogP contribution in [0.2, 0.25) is 0 Å². The highest BCUT2D eigenvalue weighted by molar-refractivity contribution is 7.99. The molecule has 5 aromatic rings. The van der Waals surface area contributed by atoms with Crippen molar-refractivity contribution in [2.45, 2.75) is 22.9 Å². The minimum absolute atomic E-state index is 0.00451. The van der Waals surface area contributed by atoms with Crippen molar-refractivity contribution in [1.29, 1.82) is 0 Å². The monoisotopic (exact) mass is 814 g/mol. The maximum absolute atomic E-state index is 14.0. The van der Waals surface area contributed by atoms with Gasteiger partial charge in [0.1, 0.15) is 5.75 Å². The lowest BCUT2D eigenvalue weighted by molar-refractivity contribution is -0.137. The number of anilines is 2. The van der Waals surface area contributed by atoms with Crippen molar-refractivity contribution in [2.24, 2.45) is 0 Å². The second kappa shape index (κ2) is 18.3. The molecule has 0 saturated carbocycles. The maximum Gasteiger partial charge on any atom is 0.418 e. The second-order valence-electron chi connectivity index (χ2n) is 12.6. The number of aromatic nitrogens is 2. The zero-order valence-electron chi connectivity index (χ0n) is 30.6. The number of hydrogen-bond donors (Lipinski definition) is 2. The third kappa shape index (κ3) is 10.8. The van der Waals surface area contributed by atoms with E-state index in [9.17, 15) is 31.2 Å². The molecule has 1 saturated heterocycles. The molecule has 0 unspecified atom stereocenters. The van der Waals surface area contributed by atoms with Gasteiger partial charge < -0.3 is 19.9 Å². The van der Waals surface area contributed by atoms with E-state index in [-0.39, 0.29) is 23.7 Å². The Hall–Kier alpha value is -6.05. The number of hydrogen-bond acceptors (Lipinski definition) is 10. The van der Waals surface area contributed by atoms with E-state index in [0.29, 0.717) is 67.0 Å². The number of thioether (sulfide) groups is 1. The Morgan fingerprint density at radius 3 is 2.21 bits per heavy atom. The fourth-order valence-corrected chi connectivity index (χ4v) is 7.66. The summed E-state index contributed by atoms with van der Waals surface area (Å²) >= 11 is 1.46. The Morgan fingerprint density at radius 1 is 0.842 bits per heavy atom. The predicted molar refractivity (Wildman–Crippen MR) is 212 cm³/mol. The van der Waals surface area contributed by atoms with Crippen LogP contribution in [0.1, 0.15) is 44.3 Å². The average molecular weight is 815 g/mol. The van der Waals surface area contributed by atoms with E-state index < -0.39 is 32.6 Å². The lowest BCUT2D eigenvalue weighted by Gasteiger charge is -2.36. The first-order valence-electron chi connectivity index (χ1n) is 17.8. The molecule has 3 aromatic carbocycles.